The van der Waals surface area contributed by atoms with E-state index in [4.69, 9.17) is 4.74 Å². The number of halogens is 3. The van der Waals surface area contributed by atoms with Crippen LogP contribution in [0.3, 0.4) is 0 Å². The Labute approximate surface area is 120 Å². The van der Waals surface area contributed by atoms with Crippen LogP contribution in [0.4, 0.5) is 13.2 Å². The zero-order valence-electron chi connectivity index (χ0n) is 13.0. The van der Waals surface area contributed by atoms with Crippen molar-refractivity contribution < 1.29 is 22.6 Å². The molecule has 0 aliphatic carbocycles. The minimum absolute atomic E-state index is 0.0509. The molecule has 1 unspecified atom stereocenters. The Morgan fingerprint density at radius 1 is 1.15 bits per heavy atom. The number of nitrogens with one attached hydrogen (secondary N) is 1. The molecule has 0 aliphatic heterocycles. The van der Waals surface area contributed by atoms with Gasteiger partial charge in [0.2, 0.25) is 0 Å². The van der Waals surface area contributed by atoms with Gasteiger partial charge in [0.05, 0.1) is 6.61 Å². The van der Waals surface area contributed by atoms with Gasteiger partial charge < -0.3 is 14.8 Å². The van der Waals surface area contributed by atoms with E-state index in [9.17, 15) is 13.2 Å². The molecule has 6 heteroatoms. The standard InChI is InChI=1S/C14H28F3NO2/c1-12(2)13(3,10-18-7-9-19-4)6-5-8-20-11-14(15,16)17/h12,18H,5-11H2,1-4H3. The van der Waals surface area contributed by atoms with Gasteiger partial charge in [-0.25, -0.2) is 0 Å². The third kappa shape index (κ3) is 9.55. The lowest BCUT2D eigenvalue weighted by molar-refractivity contribution is -0.174. The molecule has 0 radical (unpaired) electrons. The van der Waals surface area contributed by atoms with Gasteiger partial charge in [-0.05, 0) is 24.2 Å². The second kappa shape index (κ2) is 9.58. The van der Waals surface area contributed by atoms with Gasteiger partial charge >= 0.3 is 6.18 Å². The fourth-order valence-electron chi connectivity index (χ4n) is 1.90. The first-order valence-electron chi connectivity index (χ1n) is 7.05. The molecule has 0 saturated carbocycles. The number of ether oxygens (including phenoxy) is 2. The van der Waals surface area contributed by atoms with Crippen LogP contribution in [-0.4, -0.2) is 46.2 Å². The summed E-state index contributed by atoms with van der Waals surface area (Å²) in [6, 6.07) is 0. The van der Waals surface area contributed by atoms with E-state index in [1.165, 1.54) is 0 Å². The third-order valence-electron chi connectivity index (χ3n) is 3.71. The van der Waals surface area contributed by atoms with Crippen LogP contribution in [0.1, 0.15) is 33.6 Å². The van der Waals surface area contributed by atoms with Crippen molar-refractivity contribution in [3.8, 4) is 0 Å². The number of hydrogen-bond donors (Lipinski definition) is 1. The highest BCUT2D eigenvalue weighted by Crippen LogP contribution is 2.31. The average Bonchev–Trinajstić information content (AvgIpc) is 2.32. The maximum absolute atomic E-state index is 11.9. The van der Waals surface area contributed by atoms with Crippen LogP contribution in [0.15, 0.2) is 0 Å². The summed E-state index contributed by atoms with van der Waals surface area (Å²) in [5.74, 6) is 0.445. The van der Waals surface area contributed by atoms with Gasteiger partial charge in [-0.2, -0.15) is 13.2 Å². The lowest BCUT2D eigenvalue weighted by Crippen LogP contribution is -2.37. The van der Waals surface area contributed by atoms with E-state index in [1.807, 2.05) is 0 Å². The highest BCUT2D eigenvalue weighted by atomic mass is 19.4. The largest absolute Gasteiger partial charge is 0.411 e. The maximum atomic E-state index is 11.9. The first kappa shape index (κ1) is 19.7. The Kier molecular flexibility index (Phi) is 9.42. The molecule has 0 aromatic carbocycles. The lowest BCUT2D eigenvalue weighted by Gasteiger charge is -2.34. The van der Waals surface area contributed by atoms with E-state index in [0.29, 0.717) is 18.9 Å². The summed E-state index contributed by atoms with van der Waals surface area (Å²) in [6.07, 6.45) is -2.76. The van der Waals surface area contributed by atoms with Crippen molar-refractivity contribution >= 4 is 0 Å². The molecule has 0 amide bonds. The Morgan fingerprint density at radius 3 is 2.30 bits per heavy atom. The predicted octanol–water partition coefficient (Wildman–Crippen LogP) is 3.24. The average molecular weight is 299 g/mol. The van der Waals surface area contributed by atoms with Crippen molar-refractivity contribution in [2.45, 2.75) is 39.8 Å². The molecule has 0 rings (SSSR count). The molecule has 1 N–H and O–H groups in total. The molecular formula is C14H28F3NO2. The first-order valence-corrected chi connectivity index (χ1v) is 7.05. The summed E-state index contributed by atoms with van der Waals surface area (Å²) in [5, 5.41) is 3.33. The van der Waals surface area contributed by atoms with Gasteiger partial charge in [-0.3, -0.25) is 0 Å². The van der Waals surface area contributed by atoms with E-state index >= 15 is 0 Å². The van der Waals surface area contributed by atoms with E-state index in [2.05, 4.69) is 30.8 Å². The lowest BCUT2D eigenvalue weighted by atomic mass is 9.75. The van der Waals surface area contributed by atoms with Crippen molar-refractivity contribution in [1.29, 1.82) is 0 Å². The number of hydrogen-bond acceptors (Lipinski definition) is 3. The van der Waals surface area contributed by atoms with Crippen molar-refractivity contribution in [2.24, 2.45) is 11.3 Å². The fourth-order valence-corrected chi connectivity index (χ4v) is 1.90. The van der Waals surface area contributed by atoms with Crippen LogP contribution in [0, 0.1) is 11.3 Å². The molecule has 1 atom stereocenters. The molecule has 122 valence electrons. The molecule has 0 saturated heterocycles. The fraction of sp³-hybridized carbons (Fsp3) is 1.00. The van der Waals surface area contributed by atoms with Gasteiger partial charge in [-0.15, -0.1) is 0 Å². The van der Waals surface area contributed by atoms with E-state index in [-0.39, 0.29) is 12.0 Å². The van der Waals surface area contributed by atoms with E-state index in [1.54, 1.807) is 7.11 Å². The molecule has 0 spiro atoms. The molecule has 0 aromatic rings. The SMILES string of the molecule is COCCNCC(C)(CCCOCC(F)(F)F)C(C)C. The molecule has 0 aromatic heterocycles. The molecule has 0 heterocycles. The smallest absolute Gasteiger partial charge is 0.383 e. The van der Waals surface area contributed by atoms with Crippen molar-refractivity contribution in [3.05, 3.63) is 0 Å². The monoisotopic (exact) mass is 299 g/mol. The number of alkyl halides is 3. The second-order valence-electron chi connectivity index (χ2n) is 5.75. The Morgan fingerprint density at radius 2 is 1.80 bits per heavy atom. The highest BCUT2D eigenvalue weighted by molar-refractivity contribution is 4.80. The first-order chi connectivity index (χ1) is 9.21. The molecule has 0 aliphatic rings. The van der Waals surface area contributed by atoms with Crippen molar-refractivity contribution in [1.82, 2.24) is 5.32 Å². The minimum Gasteiger partial charge on any atom is -0.383 e. The van der Waals surface area contributed by atoms with Crippen LogP contribution in [0.5, 0.6) is 0 Å². The van der Waals surface area contributed by atoms with Crippen molar-refractivity contribution in [2.75, 3.05) is 40.0 Å². The maximum Gasteiger partial charge on any atom is 0.411 e. The summed E-state index contributed by atoms with van der Waals surface area (Å²) in [6.45, 7) is 7.68. The predicted molar refractivity (Wildman–Crippen MR) is 73.8 cm³/mol. The normalized spacial score (nSPS) is 15.6. The molecule has 0 fully saturated rings. The van der Waals surface area contributed by atoms with Crippen LogP contribution in [-0.2, 0) is 9.47 Å². The van der Waals surface area contributed by atoms with Crippen LogP contribution in [0.25, 0.3) is 0 Å². The van der Waals surface area contributed by atoms with Crippen LogP contribution < -0.4 is 5.32 Å². The Balaban J connectivity index is 3.94. The highest BCUT2D eigenvalue weighted by Gasteiger charge is 2.29. The summed E-state index contributed by atoms with van der Waals surface area (Å²) >= 11 is 0. The number of rotatable bonds is 11. The van der Waals surface area contributed by atoms with E-state index < -0.39 is 12.8 Å². The van der Waals surface area contributed by atoms with Gasteiger partial charge in [0.1, 0.15) is 6.61 Å². The van der Waals surface area contributed by atoms with Gasteiger partial charge in [0.25, 0.3) is 0 Å². The summed E-state index contributed by atoms with van der Waals surface area (Å²) in [7, 11) is 1.65. The zero-order chi connectivity index (χ0) is 15.6. The topological polar surface area (TPSA) is 30.5 Å². The van der Waals surface area contributed by atoms with E-state index in [0.717, 1.165) is 19.5 Å². The number of methoxy groups -OCH3 is 1. The Hall–Kier alpha value is -0.330. The second-order valence-corrected chi connectivity index (χ2v) is 5.75. The quantitative estimate of drug-likeness (QED) is 0.594. The summed E-state index contributed by atoms with van der Waals surface area (Å²) in [5.41, 5.74) is 0.0509. The molecular weight excluding hydrogens is 271 g/mol. The van der Waals surface area contributed by atoms with Gasteiger partial charge in [0.15, 0.2) is 0 Å². The van der Waals surface area contributed by atoms with Gasteiger partial charge in [-0.1, -0.05) is 20.8 Å². The molecule has 20 heavy (non-hydrogen) atoms. The van der Waals surface area contributed by atoms with Crippen molar-refractivity contribution in [3.63, 3.8) is 0 Å². The van der Waals surface area contributed by atoms with Crippen LogP contribution in [0.2, 0.25) is 0 Å². The molecule has 3 nitrogen and oxygen atoms in total. The third-order valence-corrected chi connectivity index (χ3v) is 3.71. The van der Waals surface area contributed by atoms with Crippen LogP contribution >= 0.6 is 0 Å². The Bertz CT molecular complexity index is 247. The van der Waals surface area contributed by atoms with Gasteiger partial charge in [0, 0.05) is 26.8 Å². The summed E-state index contributed by atoms with van der Waals surface area (Å²) in [4.78, 5) is 0. The molecule has 0 bridgehead atoms. The zero-order valence-corrected chi connectivity index (χ0v) is 13.0. The summed E-state index contributed by atoms with van der Waals surface area (Å²) < 4.78 is 45.4. The minimum atomic E-state index is -4.23.